The van der Waals surface area contributed by atoms with Gasteiger partial charge in [-0.2, -0.15) is 10.2 Å². The minimum atomic E-state index is -0.372. The maximum Gasteiger partial charge on any atom is 0.278 e. The molecule has 1 N–H and O–H groups in total. The van der Waals surface area contributed by atoms with Gasteiger partial charge in [0.2, 0.25) is 0 Å². The summed E-state index contributed by atoms with van der Waals surface area (Å²) in [5.74, 6) is -0.826. The molecule has 2 heterocycles. The molecule has 0 radical (unpaired) electrons. The number of aromatic nitrogens is 4. The third-order valence-electron chi connectivity index (χ3n) is 10.1. The Kier molecular flexibility index (Phi) is 12.6. The van der Waals surface area contributed by atoms with Gasteiger partial charge in [-0.1, -0.05) is 70.0 Å². The molecule has 0 saturated heterocycles. The fourth-order valence-corrected chi connectivity index (χ4v) is 7.40. The molecule has 6 rings (SSSR count). The van der Waals surface area contributed by atoms with Crippen molar-refractivity contribution < 1.29 is 13.9 Å². The highest BCUT2D eigenvalue weighted by molar-refractivity contribution is 5.82. The number of hydrogen-bond donors (Lipinski definition) is 1. The van der Waals surface area contributed by atoms with Crippen molar-refractivity contribution in [2.24, 2.45) is 14.1 Å². The van der Waals surface area contributed by atoms with Crippen molar-refractivity contribution >= 4 is 0 Å². The molecule has 0 amide bonds. The lowest BCUT2D eigenvalue weighted by Crippen LogP contribution is -2.25. The molecule has 0 fully saturated rings. The lowest BCUT2D eigenvalue weighted by Gasteiger charge is -2.20. The molecule has 0 aliphatic rings. The van der Waals surface area contributed by atoms with Gasteiger partial charge in [-0.05, 0) is 133 Å². The second kappa shape index (κ2) is 17.2. The van der Waals surface area contributed by atoms with E-state index in [2.05, 4.69) is 43.1 Å². The second-order valence-electron chi connectivity index (χ2n) is 13.8. The van der Waals surface area contributed by atoms with Crippen LogP contribution in [-0.2, 0) is 46.2 Å². The van der Waals surface area contributed by atoms with E-state index in [-0.39, 0.29) is 39.8 Å². The Labute approximate surface area is 322 Å². The van der Waals surface area contributed by atoms with Gasteiger partial charge in [0.25, 0.3) is 11.1 Å². The summed E-state index contributed by atoms with van der Waals surface area (Å²) >= 11 is 0. The monoisotopic (exact) mass is 744 g/mol. The summed E-state index contributed by atoms with van der Waals surface area (Å²) < 4.78 is 29.4. The minimum absolute atomic E-state index is 0.0871. The van der Waals surface area contributed by atoms with E-state index < -0.39 is 0 Å². The number of hydrogen-bond acceptors (Lipinski definition) is 5. The van der Waals surface area contributed by atoms with E-state index in [1.54, 1.807) is 38.4 Å². The summed E-state index contributed by atoms with van der Waals surface area (Å²) in [4.78, 5) is 26.2. The zero-order chi connectivity index (χ0) is 40.1. The maximum absolute atomic E-state index is 13.4. The summed E-state index contributed by atoms with van der Waals surface area (Å²) in [7, 11) is 3.24. The van der Waals surface area contributed by atoms with Crippen LogP contribution in [0, 0.1) is 25.5 Å². The molecule has 2 aromatic heterocycles. The lowest BCUT2D eigenvalue weighted by molar-refractivity contribution is 0.470. The number of rotatable bonds is 9. The number of halogens is 2. The van der Waals surface area contributed by atoms with E-state index in [1.165, 1.54) is 50.3 Å². The topological polar surface area (TPSA) is 90.0 Å². The molecule has 0 atom stereocenters. The first-order valence-corrected chi connectivity index (χ1v) is 19.0. The fraction of sp³-hybridized carbons (Fsp3) is 0.304. The minimum Gasteiger partial charge on any atom is -0.505 e. The molecule has 286 valence electrons. The number of aromatic hydroxyl groups is 1. The molecule has 9 heteroatoms. The van der Waals surface area contributed by atoms with E-state index in [9.17, 15) is 23.5 Å². The normalized spacial score (nSPS) is 11.0. The van der Waals surface area contributed by atoms with E-state index in [0.717, 1.165) is 75.9 Å². The Balaban J connectivity index is 0.000000211. The first-order valence-electron chi connectivity index (χ1n) is 19.0. The van der Waals surface area contributed by atoms with Crippen LogP contribution >= 0.6 is 0 Å². The molecule has 7 nitrogen and oxygen atoms in total. The summed E-state index contributed by atoms with van der Waals surface area (Å²) in [6.07, 6.45) is 3.85. The predicted molar refractivity (Wildman–Crippen MR) is 219 cm³/mol. The van der Waals surface area contributed by atoms with E-state index in [1.807, 2.05) is 39.8 Å². The van der Waals surface area contributed by atoms with Crippen LogP contribution in [0.15, 0.2) is 82.4 Å². The zero-order valence-electron chi connectivity index (χ0n) is 33.3. The molecule has 6 aromatic rings. The molecule has 0 bridgehead atoms. The van der Waals surface area contributed by atoms with Crippen LogP contribution in [0.1, 0.15) is 73.6 Å². The SMILES string of the molecule is CCc1cc(C)cc(CC)c1-c1c(CC)c(-c2ccc(F)cc2)nn(C)c1=O.CCc1cc(C)cc(CC)c1-c1c(O)c(-c2ccc(F)cc2)nn(C)c1=O. The largest absolute Gasteiger partial charge is 0.505 e. The Morgan fingerprint density at radius 3 is 1.25 bits per heavy atom. The van der Waals surface area contributed by atoms with Gasteiger partial charge < -0.3 is 5.11 Å². The molecule has 4 aromatic carbocycles. The molecular formula is C46H50F2N4O3. The van der Waals surface area contributed by atoms with Gasteiger partial charge in [0.15, 0.2) is 5.75 Å². The molecular weight excluding hydrogens is 695 g/mol. The van der Waals surface area contributed by atoms with E-state index in [0.29, 0.717) is 12.0 Å². The molecule has 55 heavy (non-hydrogen) atoms. The highest BCUT2D eigenvalue weighted by atomic mass is 19.1. The van der Waals surface area contributed by atoms with Crippen LogP contribution in [0.4, 0.5) is 8.78 Å². The van der Waals surface area contributed by atoms with E-state index in [4.69, 9.17) is 0 Å². The Morgan fingerprint density at radius 1 is 0.527 bits per heavy atom. The first-order chi connectivity index (χ1) is 26.3. The zero-order valence-corrected chi connectivity index (χ0v) is 33.3. The predicted octanol–water partition coefficient (Wildman–Crippen LogP) is 9.64. The Morgan fingerprint density at radius 2 is 0.873 bits per heavy atom. The quantitative estimate of drug-likeness (QED) is 0.159. The lowest BCUT2D eigenvalue weighted by atomic mass is 9.86. The van der Waals surface area contributed by atoms with Gasteiger partial charge in [0.05, 0.1) is 16.8 Å². The van der Waals surface area contributed by atoms with Crippen LogP contribution in [0.25, 0.3) is 44.8 Å². The molecule has 0 unspecified atom stereocenters. The van der Waals surface area contributed by atoms with Gasteiger partial charge >= 0.3 is 0 Å². The highest BCUT2D eigenvalue weighted by Crippen LogP contribution is 2.39. The summed E-state index contributed by atoms with van der Waals surface area (Å²) in [5, 5.41) is 19.8. The number of nitrogens with zero attached hydrogens (tertiary/aromatic N) is 4. The Hall–Kier alpha value is -5.70. The number of aryl methyl sites for hydroxylation is 8. The number of benzene rings is 4. The standard InChI is InChI=1S/C24H27FN2O.C22H23FN2O2/c1-6-16-13-15(4)14-17(7-2)21(16)22-20(8-3)23(26-27(5)24(22)28)18-9-11-19(25)12-10-18;1-5-14-11-13(3)12-15(6-2)18(14)19-21(26)20(24-25(4)22(19)27)16-7-9-17(23)10-8-16/h9-14H,6-8H2,1-5H3;7-12,26H,5-6H2,1-4H3. The van der Waals surface area contributed by atoms with Gasteiger partial charge in [-0.3, -0.25) is 9.59 Å². The smallest absolute Gasteiger partial charge is 0.278 e. The Bertz CT molecular complexity index is 2420. The van der Waals surface area contributed by atoms with Gasteiger partial charge in [-0.15, -0.1) is 0 Å². The van der Waals surface area contributed by atoms with Crippen molar-refractivity contribution in [2.75, 3.05) is 0 Å². The van der Waals surface area contributed by atoms with Crippen LogP contribution in [0.2, 0.25) is 0 Å². The van der Waals surface area contributed by atoms with Crippen molar-refractivity contribution in [3.8, 4) is 50.5 Å². The van der Waals surface area contributed by atoms with Crippen LogP contribution in [-0.4, -0.2) is 24.7 Å². The van der Waals surface area contributed by atoms with E-state index >= 15 is 0 Å². The van der Waals surface area contributed by atoms with Crippen LogP contribution in [0.5, 0.6) is 5.75 Å². The average molecular weight is 745 g/mol. The summed E-state index contributed by atoms with van der Waals surface area (Å²) in [6.45, 7) is 14.5. The molecule has 0 aliphatic carbocycles. The second-order valence-corrected chi connectivity index (χ2v) is 13.8. The van der Waals surface area contributed by atoms with Crippen LogP contribution in [0.3, 0.4) is 0 Å². The van der Waals surface area contributed by atoms with Gasteiger partial charge in [0.1, 0.15) is 17.3 Å². The van der Waals surface area contributed by atoms with Crippen molar-refractivity contribution in [1.82, 2.24) is 19.6 Å². The van der Waals surface area contributed by atoms with Crippen LogP contribution < -0.4 is 11.1 Å². The fourth-order valence-electron chi connectivity index (χ4n) is 7.40. The average Bonchev–Trinajstić information content (AvgIpc) is 3.18. The van der Waals surface area contributed by atoms with Crippen molar-refractivity contribution in [1.29, 1.82) is 0 Å². The summed E-state index contributed by atoms with van der Waals surface area (Å²) in [6, 6.07) is 20.5. The van der Waals surface area contributed by atoms with Crippen molar-refractivity contribution in [3.05, 3.63) is 144 Å². The van der Waals surface area contributed by atoms with Gasteiger partial charge in [-0.25, -0.2) is 18.1 Å². The molecule has 0 spiro atoms. The highest BCUT2D eigenvalue weighted by Gasteiger charge is 2.24. The first kappa shape index (κ1) is 40.5. The summed E-state index contributed by atoms with van der Waals surface area (Å²) in [5.41, 5.74) is 12.4. The molecule has 0 aliphatic heterocycles. The maximum atomic E-state index is 13.4. The molecule has 0 saturated carbocycles. The third-order valence-corrected chi connectivity index (χ3v) is 10.1. The third kappa shape index (κ3) is 8.21. The van der Waals surface area contributed by atoms with Crippen molar-refractivity contribution in [3.63, 3.8) is 0 Å². The van der Waals surface area contributed by atoms with Crippen molar-refractivity contribution in [2.45, 2.75) is 80.6 Å². The van der Waals surface area contributed by atoms with Gasteiger partial charge in [0, 0.05) is 25.2 Å².